The van der Waals surface area contributed by atoms with Crippen LogP contribution in [0.4, 0.5) is 5.69 Å². The Morgan fingerprint density at radius 3 is 2.52 bits per heavy atom. The Morgan fingerprint density at radius 2 is 1.91 bits per heavy atom. The van der Waals surface area contributed by atoms with Crippen LogP contribution in [0.5, 0.6) is 0 Å². The second kappa shape index (κ2) is 6.45. The third kappa shape index (κ3) is 3.39. The fourth-order valence-electron chi connectivity index (χ4n) is 2.23. The molecule has 2 rings (SSSR count). The van der Waals surface area contributed by atoms with E-state index in [9.17, 15) is 13.2 Å². The van der Waals surface area contributed by atoms with Gasteiger partial charge in [0, 0.05) is 12.7 Å². The van der Waals surface area contributed by atoms with Crippen molar-refractivity contribution >= 4 is 21.7 Å². The van der Waals surface area contributed by atoms with E-state index in [0.717, 1.165) is 5.56 Å². The van der Waals surface area contributed by atoms with Crippen molar-refractivity contribution in [1.82, 2.24) is 4.57 Å². The number of carbonyl (C=O) groups excluding carboxylic acids is 1. The molecule has 1 N–H and O–H groups in total. The number of carbonyl (C=O) groups is 1. The summed E-state index contributed by atoms with van der Waals surface area (Å²) >= 11 is 0. The summed E-state index contributed by atoms with van der Waals surface area (Å²) < 4.78 is 34.3. The fourth-order valence-corrected chi connectivity index (χ4v) is 3.65. The third-order valence-corrected chi connectivity index (χ3v) is 5.13. The Morgan fingerprint density at radius 1 is 1.26 bits per heavy atom. The first-order chi connectivity index (χ1) is 10.8. The minimum Gasteiger partial charge on any atom is -0.461 e. The minimum atomic E-state index is -3.80. The van der Waals surface area contributed by atoms with Gasteiger partial charge < -0.3 is 9.30 Å². The first-order valence-electron chi connectivity index (χ1n) is 7.19. The van der Waals surface area contributed by atoms with Gasteiger partial charge in [-0.2, -0.15) is 0 Å². The number of benzene rings is 1. The highest BCUT2D eigenvalue weighted by Gasteiger charge is 2.25. The molecule has 0 spiro atoms. The Bertz CT molecular complexity index is 838. The van der Waals surface area contributed by atoms with Crippen molar-refractivity contribution in [3.8, 4) is 0 Å². The number of aryl methyl sites for hydroxylation is 1. The maximum absolute atomic E-state index is 12.6. The zero-order valence-electron chi connectivity index (χ0n) is 13.6. The van der Waals surface area contributed by atoms with Crippen LogP contribution in [-0.2, 0) is 21.8 Å². The molecule has 0 saturated heterocycles. The van der Waals surface area contributed by atoms with Gasteiger partial charge in [0.05, 0.1) is 12.3 Å². The summed E-state index contributed by atoms with van der Waals surface area (Å²) in [7, 11) is -2.16. The Hall–Kier alpha value is -2.28. The molecule has 0 aliphatic heterocycles. The summed E-state index contributed by atoms with van der Waals surface area (Å²) in [6.07, 6.45) is 0. The number of ether oxygens (including phenoxy) is 1. The Kier molecular flexibility index (Phi) is 4.79. The van der Waals surface area contributed by atoms with E-state index in [0.29, 0.717) is 11.4 Å². The fraction of sp³-hybridized carbons (Fsp3) is 0.312. The molecule has 6 nitrogen and oxygen atoms in total. The van der Waals surface area contributed by atoms with Crippen molar-refractivity contribution < 1.29 is 17.9 Å². The highest BCUT2D eigenvalue weighted by atomic mass is 32.2. The maximum atomic E-state index is 12.6. The smallest absolute Gasteiger partial charge is 0.354 e. The van der Waals surface area contributed by atoms with Crippen molar-refractivity contribution in [2.75, 3.05) is 11.3 Å². The number of sulfonamides is 1. The van der Waals surface area contributed by atoms with E-state index in [1.807, 2.05) is 19.1 Å². The molecule has 0 saturated carbocycles. The zero-order valence-corrected chi connectivity index (χ0v) is 14.4. The molecule has 0 unspecified atom stereocenters. The molecule has 0 fully saturated rings. The van der Waals surface area contributed by atoms with Gasteiger partial charge in [-0.1, -0.05) is 18.2 Å². The second-order valence-corrected chi connectivity index (χ2v) is 6.83. The summed E-state index contributed by atoms with van der Waals surface area (Å²) in [5.41, 5.74) is 1.99. The van der Waals surface area contributed by atoms with Crippen LogP contribution in [0.2, 0.25) is 0 Å². The topological polar surface area (TPSA) is 77.4 Å². The first-order valence-corrected chi connectivity index (χ1v) is 8.68. The number of rotatable bonds is 5. The van der Waals surface area contributed by atoms with Crippen LogP contribution < -0.4 is 4.72 Å². The lowest BCUT2D eigenvalue weighted by molar-refractivity contribution is 0.0515. The molecule has 1 heterocycles. The molecule has 1 aromatic heterocycles. The second-order valence-electron chi connectivity index (χ2n) is 5.18. The van der Waals surface area contributed by atoms with E-state index in [4.69, 9.17) is 4.74 Å². The van der Waals surface area contributed by atoms with Crippen LogP contribution in [0, 0.1) is 13.8 Å². The number of nitrogens with zero attached hydrogens (tertiary/aromatic N) is 1. The van der Waals surface area contributed by atoms with E-state index in [-0.39, 0.29) is 17.2 Å². The van der Waals surface area contributed by atoms with Gasteiger partial charge in [-0.15, -0.1) is 0 Å². The lowest BCUT2D eigenvalue weighted by Gasteiger charge is -2.10. The third-order valence-electron chi connectivity index (χ3n) is 3.65. The molecule has 2 aromatic rings. The predicted octanol–water partition coefficient (Wildman–Crippen LogP) is 2.62. The van der Waals surface area contributed by atoms with Gasteiger partial charge >= 0.3 is 5.97 Å². The van der Waals surface area contributed by atoms with E-state index >= 15 is 0 Å². The number of hydrogen-bond acceptors (Lipinski definition) is 4. The zero-order chi connectivity index (χ0) is 17.2. The summed E-state index contributed by atoms with van der Waals surface area (Å²) in [5.74, 6) is -0.546. The van der Waals surface area contributed by atoms with Crippen molar-refractivity contribution in [3.05, 3.63) is 47.3 Å². The Balaban J connectivity index is 2.43. The highest BCUT2D eigenvalue weighted by Crippen LogP contribution is 2.24. The lowest BCUT2D eigenvalue weighted by atomic mass is 10.2. The van der Waals surface area contributed by atoms with Gasteiger partial charge in [0.25, 0.3) is 10.0 Å². The van der Waals surface area contributed by atoms with Gasteiger partial charge in [-0.25, -0.2) is 13.2 Å². The number of anilines is 1. The Labute approximate surface area is 136 Å². The largest absolute Gasteiger partial charge is 0.461 e. The molecule has 7 heteroatoms. The lowest BCUT2D eigenvalue weighted by Crippen LogP contribution is -2.14. The molecule has 0 radical (unpaired) electrons. The van der Waals surface area contributed by atoms with Crippen LogP contribution in [0.1, 0.15) is 28.7 Å². The first kappa shape index (κ1) is 17.1. The summed E-state index contributed by atoms with van der Waals surface area (Å²) in [5, 5.41) is 0. The van der Waals surface area contributed by atoms with Crippen molar-refractivity contribution in [3.63, 3.8) is 0 Å². The normalized spacial score (nSPS) is 11.3. The quantitative estimate of drug-likeness (QED) is 0.852. The molecule has 0 aliphatic rings. The van der Waals surface area contributed by atoms with Crippen LogP contribution in [-0.4, -0.2) is 25.6 Å². The number of esters is 1. The van der Waals surface area contributed by atoms with E-state index in [2.05, 4.69) is 4.72 Å². The van der Waals surface area contributed by atoms with Crippen molar-refractivity contribution in [1.29, 1.82) is 0 Å². The number of hydrogen-bond donors (Lipinski definition) is 1. The predicted molar refractivity (Wildman–Crippen MR) is 88.1 cm³/mol. The van der Waals surface area contributed by atoms with Crippen LogP contribution in [0.3, 0.4) is 0 Å². The highest BCUT2D eigenvalue weighted by molar-refractivity contribution is 7.92. The molecule has 0 bridgehead atoms. The van der Waals surface area contributed by atoms with Gasteiger partial charge in [0.1, 0.15) is 10.6 Å². The standard InChI is InChI=1S/C16H20N2O4S/c1-5-22-16(19)14-10-15(12(3)18(14)4)23(20,21)17-13-9-7-6-8-11(13)2/h6-10,17H,5H2,1-4H3. The van der Waals surface area contributed by atoms with E-state index in [1.54, 1.807) is 33.0 Å². The summed E-state index contributed by atoms with van der Waals surface area (Å²) in [6, 6.07) is 8.44. The molecule has 0 amide bonds. The molecular weight excluding hydrogens is 316 g/mol. The summed E-state index contributed by atoms with van der Waals surface area (Å²) in [4.78, 5) is 12.0. The summed E-state index contributed by atoms with van der Waals surface area (Å²) in [6.45, 7) is 5.40. The van der Waals surface area contributed by atoms with Gasteiger partial charge in [0.15, 0.2) is 0 Å². The molecule has 1 aromatic carbocycles. The van der Waals surface area contributed by atoms with Crippen LogP contribution >= 0.6 is 0 Å². The molecule has 124 valence electrons. The van der Waals surface area contributed by atoms with E-state index in [1.165, 1.54) is 10.6 Å². The maximum Gasteiger partial charge on any atom is 0.354 e. The van der Waals surface area contributed by atoms with E-state index < -0.39 is 16.0 Å². The average molecular weight is 336 g/mol. The van der Waals surface area contributed by atoms with Crippen molar-refractivity contribution in [2.45, 2.75) is 25.7 Å². The number of aromatic nitrogens is 1. The van der Waals surface area contributed by atoms with Crippen molar-refractivity contribution in [2.24, 2.45) is 7.05 Å². The van der Waals surface area contributed by atoms with Gasteiger partial charge in [-0.05, 0) is 38.5 Å². The molecule has 0 atom stereocenters. The molecule has 0 aliphatic carbocycles. The molecular formula is C16H20N2O4S. The van der Waals surface area contributed by atoms with Gasteiger partial charge in [-0.3, -0.25) is 4.72 Å². The number of para-hydroxylation sites is 1. The molecule has 23 heavy (non-hydrogen) atoms. The monoisotopic (exact) mass is 336 g/mol. The average Bonchev–Trinajstić information content (AvgIpc) is 2.79. The number of nitrogens with one attached hydrogen (secondary N) is 1. The SMILES string of the molecule is CCOC(=O)c1cc(S(=O)(=O)Nc2ccccc2C)c(C)n1C. The van der Waals surface area contributed by atoms with Crippen LogP contribution in [0.25, 0.3) is 0 Å². The minimum absolute atomic E-state index is 0.0614. The van der Waals surface area contributed by atoms with Gasteiger partial charge in [0.2, 0.25) is 0 Å². The van der Waals surface area contributed by atoms with Crippen LogP contribution in [0.15, 0.2) is 35.2 Å².